The highest BCUT2D eigenvalue weighted by molar-refractivity contribution is 5.80. The number of fused-ring (bicyclic) bond motifs is 1. The Morgan fingerprint density at radius 2 is 1.97 bits per heavy atom. The van der Waals surface area contributed by atoms with Gasteiger partial charge in [-0.3, -0.25) is 14.7 Å². The number of aromatic nitrogens is 1. The molecule has 2 aliphatic heterocycles. The van der Waals surface area contributed by atoms with Gasteiger partial charge >= 0.3 is 12.1 Å². The van der Waals surface area contributed by atoms with Crippen LogP contribution in [0.1, 0.15) is 30.7 Å². The molecular weight excluding hydrogens is 431 g/mol. The zero-order chi connectivity index (χ0) is 23.1. The van der Waals surface area contributed by atoms with Gasteiger partial charge < -0.3 is 19.6 Å². The topological polar surface area (TPSA) is 105 Å². The van der Waals surface area contributed by atoms with E-state index in [1.807, 2.05) is 30.5 Å². The minimum Gasteiger partial charge on any atom is -0.475 e. The monoisotopic (exact) mass is 455 g/mol. The zero-order valence-electron chi connectivity index (χ0n) is 17.1. The summed E-state index contributed by atoms with van der Waals surface area (Å²) in [6, 6.07) is 10.1. The third kappa shape index (κ3) is 6.54. The smallest absolute Gasteiger partial charge is 0.475 e. The molecule has 2 saturated heterocycles. The standard InChI is InChI=1S/C19H23N3O3.C2HF3O2/c23-19(21-12-15-5-3-11-24-15)18-7-6-16-17(25-18)8-10-22(16)13-14-4-1-2-9-20-14;3-2(4,5)1(6)7/h1-5,9,11,16-18H,6-8,10,12-13H2,(H,21,23);(H,6,7)/t16-,17-,18-;/m1./s1. The van der Waals surface area contributed by atoms with Crippen LogP contribution in [0, 0.1) is 0 Å². The van der Waals surface area contributed by atoms with E-state index in [1.165, 1.54) is 0 Å². The van der Waals surface area contributed by atoms with Gasteiger partial charge in [-0.05, 0) is 43.5 Å². The summed E-state index contributed by atoms with van der Waals surface area (Å²) >= 11 is 0. The molecule has 2 aromatic heterocycles. The Labute approximate surface area is 182 Å². The second kappa shape index (κ2) is 10.6. The number of carboxylic acid groups (broad SMARTS) is 1. The van der Waals surface area contributed by atoms with Gasteiger partial charge in [-0.1, -0.05) is 6.07 Å². The van der Waals surface area contributed by atoms with Crippen molar-refractivity contribution in [3.63, 3.8) is 0 Å². The molecule has 2 aliphatic rings. The number of carbonyl (C=O) groups is 2. The number of likely N-dealkylation sites (tertiary alicyclic amines) is 1. The van der Waals surface area contributed by atoms with Gasteiger partial charge in [0.25, 0.3) is 0 Å². The van der Waals surface area contributed by atoms with E-state index in [-0.39, 0.29) is 18.1 Å². The maximum atomic E-state index is 12.4. The van der Waals surface area contributed by atoms with Crippen LogP contribution < -0.4 is 5.32 Å². The Morgan fingerprint density at radius 3 is 2.59 bits per heavy atom. The van der Waals surface area contributed by atoms with E-state index in [4.69, 9.17) is 19.1 Å². The number of ether oxygens (including phenoxy) is 1. The Balaban J connectivity index is 0.000000360. The van der Waals surface area contributed by atoms with Gasteiger partial charge in [0.2, 0.25) is 5.91 Å². The largest absolute Gasteiger partial charge is 0.490 e. The van der Waals surface area contributed by atoms with Crippen LogP contribution in [0.5, 0.6) is 0 Å². The van der Waals surface area contributed by atoms with Crippen molar-refractivity contribution in [1.82, 2.24) is 15.2 Å². The minimum absolute atomic E-state index is 0.0435. The van der Waals surface area contributed by atoms with Gasteiger partial charge in [0.15, 0.2) is 0 Å². The van der Waals surface area contributed by atoms with Crippen LogP contribution in [0.4, 0.5) is 13.2 Å². The Hall–Kier alpha value is -2.92. The number of carbonyl (C=O) groups excluding carboxylic acids is 1. The second-order valence-electron chi connectivity index (χ2n) is 7.49. The molecule has 1 amide bonds. The molecule has 0 aromatic carbocycles. The van der Waals surface area contributed by atoms with Crippen LogP contribution in [-0.2, 0) is 27.4 Å². The number of nitrogens with one attached hydrogen (secondary N) is 1. The van der Waals surface area contributed by atoms with Crippen LogP contribution in [0.15, 0.2) is 47.2 Å². The van der Waals surface area contributed by atoms with Gasteiger partial charge in [-0.2, -0.15) is 13.2 Å². The Morgan fingerprint density at radius 1 is 1.19 bits per heavy atom. The number of pyridine rings is 1. The number of alkyl halides is 3. The first-order valence-corrected chi connectivity index (χ1v) is 10.1. The Kier molecular flexibility index (Phi) is 7.86. The molecule has 32 heavy (non-hydrogen) atoms. The average Bonchev–Trinajstić information content (AvgIpc) is 3.42. The Bertz CT molecular complexity index is 877. The van der Waals surface area contributed by atoms with E-state index >= 15 is 0 Å². The summed E-state index contributed by atoms with van der Waals surface area (Å²) in [6.07, 6.45) is 0.847. The molecule has 2 fully saturated rings. The highest BCUT2D eigenvalue weighted by atomic mass is 19.4. The fraction of sp³-hybridized carbons (Fsp3) is 0.476. The number of aliphatic carboxylic acids is 1. The van der Waals surface area contributed by atoms with Crippen molar-refractivity contribution in [2.24, 2.45) is 0 Å². The lowest BCUT2D eigenvalue weighted by molar-refractivity contribution is -0.192. The van der Waals surface area contributed by atoms with Crippen LogP contribution in [-0.4, -0.2) is 57.8 Å². The van der Waals surface area contributed by atoms with Crippen molar-refractivity contribution < 1.29 is 37.0 Å². The number of carboxylic acids is 1. The van der Waals surface area contributed by atoms with E-state index in [0.717, 1.165) is 43.8 Å². The summed E-state index contributed by atoms with van der Waals surface area (Å²) in [6.45, 7) is 2.25. The van der Waals surface area contributed by atoms with Gasteiger partial charge in [0.1, 0.15) is 11.9 Å². The van der Waals surface area contributed by atoms with Gasteiger partial charge in [-0.25, -0.2) is 4.79 Å². The molecule has 11 heteroatoms. The molecule has 2 N–H and O–H groups in total. The highest BCUT2D eigenvalue weighted by Crippen LogP contribution is 2.32. The van der Waals surface area contributed by atoms with E-state index < -0.39 is 12.1 Å². The molecule has 0 aliphatic carbocycles. The zero-order valence-corrected chi connectivity index (χ0v) is 17.1. The maximum absolute atomic E-state index is 12.4. The number of hydrogen-bond acceptors (Lipinski definition) is 6. The highest BCUT2D eigenvalue weighted by Gasteiger charge is 2.41. The first-order chi connectivity index (χ1) is 15.2. The summed E-state index contributed by atoms with van der Waals surface area (Å²) in [7, 11) is 0. The summed E-state index contributed by atoms with van der Waals surface area (Å²) in [5.41, 5.74) is 1.08. The van der Waals surface area contributed by atoms with Gasteiger partial charge in [0, 0.05) is 25.3 Å². The molecule has 0 unspecified atom stereocenters. The van der Waals surface area contributed by atoms with Crippen molar-refractivity contribution in [2.45, 2.75) is 56.8 Å². The third-order valence-corrected chi connectivity index (χ3v) is 5.31. The molecule has 174 valence electrons. The van der Waals surface area contributed by atoms with E-state index in [2.05, 4.69) is 21.3 Å². The summed E-state index contributed by atoms with van der Waals surface area (Å²) in [5.74, 6) is -2.05. The van der Waals surface area contributed by atoms with Crippen LogP contribution >= 0.6 is 0 Å². The quantitative estimate of drug-likeness (QED) is 0.714. The first-order valence-electron chi connectivity index (χ1n) is 10.1. The van der Waals surface area contributed by atoms with Crippen molar-refractivity contribution >= 4 is 11.9 Å². The predicted molar refractivity (Wildman–Crippen MR) is 105 cm³/mol. The maximum Gasteiger partial charge on any atom is 0.490 e. The summed E-state index contributed by atoms with van der Waals surface area (Å²) in [5, 5.41) is 10.0. The molecule has 8 nitrogen and oxygen atoms in total. The lowest BCUT2D eigenvalue weighted by Gasteiger charge is -2.35. The van der Waals surface area contributed by atoms with Crippen LogP contribution in [0.3, 0.4) is 0 Å². The fourth-order valence-electron chi connectivity index (χ4n) is 3.80. The summed E-state index contributed by atoms with van der Waals surface area (Å²) < 4.78 is 43.1. The molecule has 2 aromatic rings. The summed E-state index contributed by atoms with van der Waals surface area (Å²) in [4.78, 5) is 28.1. The third-order valence-electron chi connectivity index (χ3n) is 5.31. The van der Waals surface area contributed by atoms with Crippen molar-refractivity contribution in [3.8, 4) is 0 Å². The first kappa shape index (κ1) is 23.7. The molecular formula is C21H24F3N3O5. The van der Waals surface area contributed by atoms with Crippen molar-refractivity contribution in [2.75, 3.05) is 6.54 Å². The van der Waals surface area contributed by atoms with Gasteiger partial charge in [0.05, 0.1) is 24.6 Å². The van der Waals surface area contributed by atoms with Crippen molar-refractivity contribution in [1.29, 1.82) is 0 Å². The second-order valence-corrected chi connectivity index (χ2v) is 7.49. The van der Waals surface area contributed by atoms with E-state index in [0.29, 0.717) is 12.6 Å². The van der Waals surface area contributed by atoms with Gasteiger partial charge in [-0.15, -0.1) is 0 Å². The van der Waals surface area contributed by atoms with Crippen LogP contribution in [0.25, 0.3) is 0 Å². The lowest BCUT2D eigenvalue weighted by Crippen LogP contribution is -2.47. The lowest BCUT2D eigenvalue weighted by atomic mass is 9.98. The number of rotatable bonds is 5. The predicted octanol–water partition coefficient (Wildman–Crippen LogP) is 2.75. The number of nitrogens with zero attached hydrogens (tertiary/aromatic N) is 2. The molecule has 4 rings (SSSR count). The fourth-order valence-corrected chi connectivity index (χ4v) is 3.80. The van der Waals surface area contributed by atoms with Crippen molar-refractivity contribution in [3.05, 3.63) is 54.2 Å². The van der Waals surface area contributed by atoms with Crippen LogP contribution in [0.2, 0.25) is 0 Å². The molecule has 3 atom stereocenters. The number of hydrogen-bond donors (Lipinski definition) is 2. The molecule has 0 radical (unpaired) electrons. The normalized spacial score (nSPS) is 23.0. The SMILES string of the molecule is O=C(NCc1ccco1)[C@H]1CC[C@@H]2[C@@H](CCN2Cc2ccccn2)O1.O=C(O)C(F)(F)F. The number of amides is 1. The number of halogens is 3. The minimum atomic E-state index is -5.08. The number of furan rings is 1. The average molecular weight is 455 g/mol. The van der Waals surface area contributed by atoms with E-state index in [1.54, 1.807) is 6.26 Å². The molecule has 0 spiro atoms. The molecule has 0 bridgehead atoms. The molecule has 4 heterocycles. The van der Waals surface area contributed by atoms with E-state index in [9.17, 15) is 18.0 Å². The molecule has 0 saturated carbocycles.